The minimum atomic E-state index is -4.94. The van der Waals surface area contributed by atoms with Crippen molar-refractivity contribution in [2.45, 2.75) is 43.6 Å². The Hall–Kier alpha value is -3.58. The quantitative estimate of drug-likeness (QED) is 0.637. The lowest BCUT2D eigenvalue weighted by atomic mass is 9.67. The smallest absolute Gasteiger partial charge is 0.419 e. The number of hydrogen-bond donors (Lipinski definition) is 1. The molecule has 182 valence electrons. The van der Waals surface area contributed by atoms with Gasteiger partial charge >= 0.3 is 6.18 Å². The number of halogens is 3. The van der Waals surface area contributed by atoms with Crippen molar-refractivity contribution >= 4 is 17.5 Å². The summed E-state index contributed by atoms with van der Waals surface area (Å²) in [7, 11) is 0. The topological polar surface area (TPSA) is 99.9 Å². The normalized spacial score (nSPS) is 29.4. The third-order valence-electron chi connectivity index (χ3n) is 7.33. The van der Waals surface area contributed by atoms with Crippen molar-refractivity contribution in [3.05, 3.63) is 53.6 Å². The van der Waals surface area contributed by atoms with Gasteiger partial charge in [-0.3, -0.25) is 9.59 Å². The zero-order valence-corrected chi connectivity index (χ0v) is 18.6. The van der Waals surface area contributed by atoms with Gasteiger partial charge in [0.1, 0.15) is 11.5 Å². The third-order valence-corrected chi connectivity index (χ3v) is 7.33. The van der Waals surface area contributed by atoms with Crippen LogP contribution in [-0.4, -0.2) is 34.7 Å². The van der Waals surface area contributed by atoms with E-state index in [1.807, 2.05) is 0 Å². The first kappa shape index (κ1) is 23.2. The fourth-order valence-corrected chi connectivity index (χ4v) is 5.85. The molecule has 35 heavy (non-hydrogen) atoms. The number of aromatic hydroxyl groups is 1. The maximum atomic E-state index is 13.9. The van der Waals surface area contributed by atoms with Gasteiger partial charge in [-0.1, -0.05) is 6.07 Å². The van der Waals surface area contributed by atoms with Crippen molar-refractivity contribution in [2.75, 3.05) is 11.5 Å². The minimum Gasteiger partial charge on any atom is -0.508 e. The number of fused-ring (bicyclic) bond motifs is 5. The van der Waals surface area contributed by atoms with Gasteiger partial charge in [-0.05, 0) is 56.2 Å². The number of nitriles is 1. The predicted molar refractivity (Wildman–Crippen MR) is 115 cm³/mol. The van der Waals surface area contributed by atoms with Crippen LogP contribution in [0.2, 0.25) is 0 Å². The van der Waals surface area contributed by atoms with Crippen molar-refractivity contribution in [3.8, 4) is 17.6 Å². The molecule has 4 unspecified atom stereocenters. The summed E-state index contributed by atoms with van der Waals surface area (Å²) in [6, 6.07) is 10.9. The molecular weight excluding hydrogens is 465 g/mol. The van der Waals surface area contributed by atoms with E-state index in [1.54, 1.807) is 19.1 Å². The van der Waals surface area contributed by atoms with Crippen molar-refractivity contribution in [3.63, 3.8) is 0 Å². The number of carbonyl (C=O) groups excluding carboxylic acids is 2. The van der Waals surface area contributed by atoms with Gasteiger partial charge in [-0.15, -0.1) is 0 Å². The Balaban J connectivity index is 1.47. The second-order valence-corrected chi connectivity index (χ2v) is 9.35. The van der Waals surface area contributed by atoms with Crippen LogP contribution < -0.4 is 9.64 Å². The minimum absolute atomic E-state index is 0.0818. The summed E-state index contributed by atoms with van der Waals surface area (Å²) < 4.78 is 53.7. The fraction of sp³-hybridized carbons (Fsp3) is 0.400. The van der Waals surface area contributed by atoms with Crippen LogP contribution in [-0.2, 0) is 20.5 Å². The van der Waals surface area contributed by atoms with E-state index >= 15 is 0 Å². The molecule has 0 aliphatic carbocycles. The summed E-state index contributed by atoms with van der Waals surface area (Å²) in [6.07, 6.45) is -3.75. The molecule has 0 spiro atoms. The number of amides is 2. The number of carbonyl (C=O) groups is 2. The highest BCUT2D eigenvalue weighted by Gasteiger charge is 2.74. The maximum absolute atomic E-state index is 13.9. The van der Waals surface area contributed by atoms with Crippen LogP contribution in [0, 0.1) is 23.2 Å². The largest absolute Gasteiger partial charge is 0.508 e. The monoisotopic (exact) mass is 486 g/mol. The molecule has 0 radical (unpaired) electrons. The molecule has 3 saturated heterocycles. The number of rotatable bonds is 5. The molecule has 2 aromatic carbocycles. The van der Waals surface area contributed by atoms with Crippen LogP contribution in [0.15, 0.2) is 42.5 Å². The summed E-state index contributed by atoms with van der Waals surface area (Å²) in [4.78, 5) is 27.6. The molecule has 7 nitrogen and oxygen atoms in total. The highest BCUT2D eigenvalue weighted by atomic mass is 19.4. The molecule has 2 amide bonds. The van der Waals surface area contributed by atoms with Gasteiger partial charge in [-0.25, -0.2) is 4.90 Å². The number of phenolic OH excluding ortho intramolecular Hbond substituents is 1. The van der Waals surface area contributed by atoms with E-state index in [4.69, 9.17) is 9.47 Å². The summed E-state index contributed by atoms with van der Waals surface area (Å²) in [6.45, 7) is 1.86. The molecule has 2 aromatic rings. The van der Waals surface area contributed by atoms with Crippen molar-refractivity contribution in [2.24, 2.45) is 11.8 Å². The molecule has 0 aromatic heterocycles. The van der Waals surface area contributed by atoms with Gasteiger partial charge in [0, 0.05) is 6.42 Å². The molecule has 1 N–H and O–H groups in total. The first-order valence-electron chi connectivity index (χ1n) is 11.1. The van der Waals surface area contributed by atoms with E-state index in [0.29, 0.717) is 23.5 Å². The average molecular weight is 486 g/mol. The summed E-state index contributed by atoms with van der Waals surface area (Å²) in [5, 5.41) is 18.6. The molecule has 2 bridgehead atoms. The first-order valence-corrected chi connectivity index (χ1v) is 11.1. The molecule has 5 rings (SSSR count). The van der Waals surface area contributed by atoms with Crippen LogP contribution in [0.3, 0.4) is 0 Å². The molecule has 3 aliphatic heterocycles. The lowest BCUT2D eigenvalue weighted by molar-refractivity contribution is -0.137. The van der Waals surface area contributed by atoms with Gasteiger partial charge in [0.25, 0.3) is 0 Å². The van der Waals surface area contributed by atoms with Gasteiger partial charge < -0.3 is 14.6 Å². The van der Waals surface area contributed by atoms with Crippen molar-refractivity contribution < 1.29 is 37.3 Å². The Morgan fingerprint density at radius 3 is 2.49 bits per heavy atom. The third kappa shape index (κ3) is 3.45. The highest BCUT2D eigenvalue weighted by molar-refractivity contribution is 6.23. The van der Waals surface area contributed by atoms with E-state index in [0.717, 1.165) is 12.1 Å². The molecule has 3 heterocycles. The van der Waals surface area contributed by atoms with Crippen LogP contribution in [0.4, 0.5) is 18.9 Å². The standard InChI is InChI=1S/C25H21F3N2O5/c1-23-9-10-24(35-23,11-12-34-16-7-5-15(31)6-8-16)20-19(23)21(32)30(22(20)33)17-4-2-3-14(13-29)18(17)25(26,27)28/h2-8,19-20,31H,9-12H2,1H3. The van der Waals surface area contributed by atoms with E-state index in [1.165, 1.54) is 24.3 Å². The number of hydrogen-bond acceptors (Lipinski definition) is 6. The van der Waals surface area contributed by atoms with Crippen LogP contribution in [0.5, 0.6) is 11.5 Å². The van der Waals surface area contributed by atoms with Gasteiger partial charge in [0.15, 0.2) is 0 Å². The number of alkyl halides is 3. The fourth-order valence-electron chi connectivity index (χ4n) is 5.85. The Morgan fingerprint density at radius 1 is 1.14 bits per heavy atom. The summed E-state index contributed by atoms with van der Waals surface area (Å²) in [5.74, 6) is -2.81. The Kier molecular flexibility index (Phi) is 5.11. The zero-order valence-electron chi connectivity index (χ0n) is 18.6. The maximum Gasteiger partial charge on any atom is 0.419 e. The molecule has 3 aliphatic rings. The van der Waals surface area contributed by atoms with Crippen molar-refractivity contribution in [1.82, 2.24) is 0 Å². The predicted octanol–water partition coefficient (Wildman–Crippen LogP) is 4.18. The van der Waals surface area contributed by atoms with Gasteiger partial charge in [-0.2, -0.15) is 18.4 Å². The zero-order chi connectivity index (χ0) is 25.2. The van der Waals surface area contributed by atoms with E-state index in [9.17, 15) is 33.1 Å². The number of phenols is 1. The first-order chi connectivity index (χ1) is 16.5. The summed E-state index contributed by atoms with van der Waals surface area (Å²) >= 11 is 0. The van der Waals surface area contributed by atoms with Gasteiger partial charge in [0.2, 0.25) is 11.8 Å². The number of imide groups is 1. The van der Waals surface area contributed by atoms with Crippen LogP contribution in [0.1, 0.15) is 37.3 Å². The van der Waals surface area contributed by atoms with Gasteiger partial charge in [0.05, 0.1) is 52.5 Å². The Morgan fingerprint density at radius 2 is 1.83 bits per heavy atom. The summed E-state index contributed by atoms with van der Waals surface area (Å²) in [5.41, 5.74) is -4.62. The Bertz CT molecular complexity index is 1260. The molecule has 0 saturated carbocycles. The van der Waals surface area contributed by atoms with E-state index < -0.39 is 57.8 Å². The highest BCUT2D eigenvalue weighted by Crippen LogP contribution is 2.62. The lowest BCUT2D eigenvalue weighted by Crippen LogP contribution is -2.43. The van der Waals surface area contributed by atoms with Crippen LogP contribution in [0.25, 0.3) is 0 Å². The molecule has 4 atom stereocenters. The molecular formula is C25H21F3N2O5. The second kappa shape index (κ2) is 7.71. The molecule has 3 fully saturated rings. The second-order valence-electron chi connectivity index (χ2n) is 9.35. The van der Waals surface area contributed by atoms with Crippen LogP contribution >= 0.6 is 0 Å². The number of nitrogens with zero attached hydrogens (tertiary/aromatic N) is 2. The number of benzene rings is 2. The van der Waals surface area contributed by atoms with Crippen molar-refractivity contribution in [1.29, 1.82) is 5.26 Å². The lowest BCUT2D eigenvalue weighted by Gasteiger charge is -2.31. The number of anilines is 1. The SMILES string of the molecule is CC12CCC(CCOc3ccc(O)cc3)(O1)C1C(=O)N(c3cccc(C#N)c3C(F)(F)F)C(=O)C12. The average Bonchev–Trinajstić information content (AvgIpc) is 3.38. The number of ether oxygens (including phenoxy) is 2. The van der Waals surface area contributed by atoms with E-state index in [-0.39, 0.29) is 18.8 Å². The Labute approximate surface area is 198 Å². The molecule has 10 heteroatoms. The van der Waals surface area contributed by atoms with E-state index in [2.05, 4.69) is 0 Å².